The van der Waals surface area contributed by atoms with Gasteiger partial charge in [-0.2, -0.15) is 0 Å². The maximum absolute atomic E-state index is 11.9. The summed E-state index contributed by atoms with van der Waals surface area (Å²) >= 11 is 0. The van der Waals surface area contributed by atoms with E-state index in [0.717, 1.165) is 5.75 Å². The average molecular weight is 298 g/mol. The van der Waals surface area contributed by atoms with E-state index in [1.54, 1.807) is 24.3 Å². The molecule has 0 aromatic heterocycles. The van der Waals surface area contributed by atoms with Gasteiger partial charge >= 0.3 is 0 Å². The van der Waals surface area contributed by atoms with E-state index in [-0.39, 0.29) is 5.91 Å². The van der Waals surface area contributed by atoms with Gasteiger partial charge in [-0.05, 0) is 35.7 Å². The Morgan fingerprint density at radius 2 is 1.82 bits per heavy atom. The van der Waals surface area contributed by atoms with Crippen LogP contribution in [0.1, 0.15) is 35.7 Å². The number of nitrogens with two attached hydrogens (primary N) is 1. The van der Waals surface area contributed by atoms with Crippen molar-refractivity contribution in [1.29, 1.82) is 0 Å². The number of carbonyl (C=O) groups is 1. The predicted molar refractivity (Wildman–Crippen MR) is 89.2 cm³/mol. The number of rotatable bonds is 6. The van der Waals surface area contributed by atoms with Crippen LogP contribution in [0.5, 0.6) is 5.75 Å². The first-order valence-electron chi connectivity index (χ1n) is 7.43. The smallest absolute Gasteiger partial charge is 0.253 e. The minimum absolute atomic E-state index is 0.183. The molecule has 2 aromatic carbocycles. The van der Waals surface area contributed by atoms with Gasteiger partial charge in [-0.15, -0.1) is 0 Å². The molecule has 0 aliphatic carbocycles. The second-order valence-corrected chi connectivity index (χ2v) is 5.42. The summed E-state index contributed by atoms with van der Waals surface area (Å²) in [6, 6.07) is 15.0. The van der Waals surface area contributed by atoms with Crippen molar-refractivity contribution in [3.05, 3.63) is 59.7 Å². The highest BCUT2D eigenvalue weighted by Gasteiger charge is 2.07. The molecule has 0 bridgehead atoms. The Bertz CT molecular complexity index is 621. The quantitative estimate of drug-likeness (QED) is 0.636. The molecule has 0 aliphatic rings. The van der Waals surface area contributed by atoms with Crippen molar-refractivity contribution in [2.45, 2.75) is 19.8 Å². The summed E-state index contributed by atoms with van der Waals surface area (Å²) < 4.78 is 5.61. The first-order valence-corrected chi connectivity index (χ1v) is 7.43. The molecule has 0 radical (unpaired) electrons. The van der Waals surface area contributed by atoms with Gasteiger partial charge in [0.1, 0.15) is 12.4 Å². The van der Waals surface area contributed by atoms with Gasteiger partial charge < -0.3 is 15.8 Å². The average Bonchev–Trinajstić information content (AvgIpc) is 2.52. The molecule has 116 valence electrons. The Morgan fingerprint density at radius 3 is 2.45 bits per heavy atom. The number of nitrogens with one attached hydrogen (secondary N) is 1. The summed E-state index contributed by atoms with van der Waals surface area (Å²) in [5, 5.41) is 2.80. The van der Waals surface area contributed by atoms with E-state index in [4.69, 9.17) is 10.5 Å². The van der Waals surface area contributed by atoms with E-state index in [2.05, 4.69) is 31.3 Å². The fraction of sp³-hybridized carbons (Fsp3) is 0.278. The molecule has 0 spiro atoms. The van der Waals surface area contributed by atoms with E-state index >= 15 is 0 Å². The molecule has 2 aromatic rings. The maximum Gasteiger partial charge on any atom is 0.253 e. The molecular weight excluding hydrogens is 276 g/mol. The summed E-state index contributed by atoms with van der Waals surface area (Å²) in [6.07, 6.45) is 0. The van der Waals surface area contributed by atoms with Gasteiger partial charge in [-0.1, -0.05) is 38.1 Å². The Morgan fingerprint density at radius 1 is 1.14 bits per heavy atom. The van der Waals surface area contributed by atoms with Gasteiger partial charge in [0.05, 0.1) is 12.1 Å². The number of hydrogen-bond donors (Lipinski definition) is 2. The van der Waals surface area contributed by atoms with Crippen LogP contribution in [0.15, 0.2) is 48.5 Å². The van der Waals surface area contributed by atoms with E-state index in [1.807, 2.05) is 12.1 Å². The summed E-state index contributed by atoms with van der Waals surface area (Å²) in [6.45, 7) is 5.15. The molecule has 4 heteroatoms. The third-order valence-corrected chi connectivity index (χ3v) is 3.41. The minimum atomic E-state index is -0.183. The molecule has 4 nitrogen and oxygen atoms in total. The van der Waals surface area contributed by atoms with Crippen LogP contribution in [0.3, 0.4) is 0 Å². The number of carbonyl (C=O) groups excluding carboxylic acids is 1. The first-order chi connectivity index (χ1) is 10.6. The molecular formula is C18H22N2O2. The van der Waals surface area contributed by atoms with Crippen LogP contribution in [-0.4, -0.2) is 19.1 Å². The van der Waals surface area contributed by atoms with E-state index in [1.165, 1.54) is 5.56 Å². The van der Waals surface area contributed by atoms with Gasteiger partial charge in [-0.25, -0.2) is 0 Å². The number of anilines is 1. The Kier molecular flexibility index (Phi) is 5.42. The lowest BCUT2D eigenvalue weighted by molar-refractivity contribution is 0.0948. The van der Waals surface area contributed by atoms with Gasteiger partial charge in [-0.3, -0.25) is 4.79 Å². The molecule has 0 fully saturated rings. The van der Waals surface area contributed by atoms with E-state index < -0.39 is 0 Å². The van der Waals surface area contributed by atoms with Crippen LogP contribution in [0.2, 0.25) is 0 Å². The molecule has 22 heavy (non-hydrogen) atoms. The third-order valence-electron chi connectivity index (χ3n) is 3.41. The van der Waals surface area contributed by atoms with Crippen molar-refractivity contribution in [3.8, 4) is 5.75 Å². The Hall–Kier alpha value is -2.49. The van der Waals surface area contributed by atoms with E-state index in [0.29, 0.717) is 30.3 Å². The van der Waals surface area contributed by atoms with Crippen molar-refractivity contribution in [2.24, 2.45) is 0 Å². The van der Waals surface area contributed by atoms with Crippen molar-refractivity contribution in [2.75, 3.05) is 18.9 Å². The minimum Gasteiger partial charge on any atom is -0.492 e. The van der Waals surface area contributed by atoms with Crippen LogP contribution in [0.4, 0.5) is 5.69 Å². The lowest BCUT2D eigenvalue weighted by Crippen LogP contribution is -2.28. The molecule has 0 saturated heterocycles. The summed E-state index contributed by atoms with van der Waals surface area (Å²) in [7, 11) is 0. The number of ether oxygens (including phenoxy) is 1. The monoisotopic (exact) mass is 298 g/mol. The SMILES string of the molecule is CC(C)c1ccc(OCCNC(=O)c2ccccc2N)cc1. The lowest BCUT2D eigenvalue weighted by Gasteiger charge is -2.10. The van der Waals surface area contributed by atoms with Crippen LogP contribution in [-0.2, 0) is 0 Å². The van der Waals surface area contributed by atoms with Gasteiger partial charge in [0.25, 0.3) is 5.91 Å². The van der Waals surface area contributed by atoms with Crippen LogP contribution in [0.25, 0.3) is 0 Å². The third kappa shape index (κ3) is 4.25. The highest BCUT2D eigenvalue weighted by molar-refractivity contribution is 5.99. The van der Waals surface area contributed by atoms with Crippen LogP contribution < -0.4 is 15.8 Å². The fourth-order valence-electron chi connectivity index (χ4n) is 2.08. The number of benzene rings is 2. The predicted octanol–water partition coefficient (Wildman–Crippen LogP) is 3.20. The topological polar surface area (TPSA) is 64.3 Å². The molecule has 0 aliphatic heterocycles. The Balaban J connectivity index is 1.77. The number of hydrogen-bond acceptors (Lipinski definition) is 3. The zero-order chi connectivity index (χ0) is 15.9. The Labute approximate surface area is 131 Å². The van der Waals surface area contributed by atoms with Crippen molar-refractivity contribution in [1.82, 2.24) is 5.32 Å². The first kappa shape index (κ1) is 15.9. The second-order valence-electron chi connectivity index (χ2n) is 5.42. The summed E-state index contributed by atoms with van der Waals surface area (Å²) in [5.41, 5.74) is 8.01. The van der Waals surface area contributed by atoms with Crippen molar-refractivity contribution in [3.63, 3.8) is 0 Å². The molecule has 0 unspecified atom stereocenters. The molecule has 1 amide bonds. The van der Waals surface area contributed by atoms with E-state index in [9.17, 15) is 4.79 Å². The molecule has 0 atom stereocenters. The number of amides is 1. The van der Waals surface area contributed by atoms with Crippen LogP contribution >= 0.6 is 0 Å². The normalized spacial score (nSPS) is 10.5. The van der Waals surface area contributed by atoms with Gasteiger partial charge in [0, 0.05) is 5.69 Å². The number of para-hydroxylation sites is 1. The molecule has 0 saturated carbocycles. The lowest BCUT2D eigenvalue weighted by atomic mass is 10.0. The largest absolute Gasteiger partial charge is 0.492 e. The molecule has 2 rings (SSSR count). The molecule has 0 heterocycles. The zero-order valence-corrected chi connectivity index (χ0v) is 13.0. The van der Waals surface area contributed by atoms with Crippen molar-refractivity contribution >= 4 is 11.6 Å². The number of nitrogen functional groups attached to an aromatic ring is 1. The van der Waals surface area contributed by atoms with Crippen molar-refractivity contribution < 1.29 is 9.53 Å². The van der Waals surface area contributed by atoms with Gasteiger partial charge in [0.15, 0.2) is 0 Å². The highest BCUT2D eigenvalue weighted by atomic mass is 16.5. The summed E-state index contributed by atoms with van der Waals surface area (Å²) in [4.78, 5) is 11.9. The molecule has 3 N–H and O–H groups in total. The van der Waals surface area contributed by atoms with Crippen LogP contribution in [0, 0.1) is 0 Å². The zero-order valence-electron chi connectivity index (χ0n) is 13.0. The highest BCUT2D eigenvalue weighted by Crippen LogP contribution is 2.18. The fourth-order valence-corrected chi connectivity index (χ4v) is 2.08. The second kappa shape index (κ2) is 7.50. The summed E-state index contributed by atoms with van der Waals surface area (Å²) in [5.74, 6) is 1.12. The standard InChI is InChI=1S/C18H22N2O2/c1-13(2)14-7-9-15(10-8-14)22-12-11-20-18(21)16-5-3-4-6-17(16)19/h3-10,13H,11-12,19H2,1-2H3,(H,20,21). The van der Waals surface area contributed by atoms with Gasteiger partial charge in [0.2, 0.25) is 0 Å². The maximum atomic E-state index is 11.9.